The van der Waals surface area contributed by atoms with Gasteiger partial charge in [-0.15, -0.1) is 0 Å². The second-order valence-corrected chi connectivity index (χ2v) is 6.73. The molecular formula is C22H22N4O3. The van der Waals surface area contributed by atoms with Crippen molar-refractivity contribution in [2.45, 2.75) is 13.0 Å². The predicted molar refractivity (Wildman–Crippen MR) is 110 cm³/mol. The molecule has 1 aliphatic rings. The summed E-state index contributed by atoms with van der Waals surface area (Å²) in [6, 6.07) is 13.1. The molecular weight excluding hydrogens is 368 g/mol. The van der Waals surface area contributed by atoms with Crippen LogP contribution in [0.5, 0.6) is 11.5 Å². The summed E-state index contributed by atoms with van der Waals surface area (Å²) >= 11 is 0. The van der Waals surface area contributed by atoms with Gasteiger partial charge in [-0.05, 0) is 60.0 Å². The number of carbonyl (C=O) groups excluding carboxylic acids is 1. The number of nitrogens with zero attached hydrogens (tertiary/aromatic N) is 3. The highest BCUT2D eigenvalue weighted by Crippen LogP contribution is 2.33. The third kappa shape index (κ3) is 3.99. The van der Waals surface area contributed by atoms with Gasteiger partial charge in [-0.2, -0.15) is 0 Å². The Morgan fingerprint density at radius 2 is 1.66 bits per heavy atom. The van der Waals surface area contributed by atoms with Crippen LogP contribution in [0, 0.1) is 0 Å². The highest BCUT2D eigenvalue weighted by Gasteiger charge is 2.23. The molecule has 0 atom stereocenters. The van der Waals surface area contributed by atoms with E-state index in [0.717, 1.165) is 23.4 Å². The summed E-state index contributed by atoms with van der Waals surface area (Å²) in [5, 5.41) is 3.11. The van der Waals surface area contributed by atoms with E-state index in [2.05, 4.69) is 15.3 Å². The van der Waals surface area contributed by atoms with Crippen LogP contribution in [0.2, 0.25) is 0 Å². The van der Waals surface area contributed by atoms with Crippen LogP contribution >= 0.6 is 0 Å². The van der Waals surface area contributed by atoms with Crippen LogP contribution in [-0.2, 0) is 13.0 Å². The number of methoxy groups -OCH3 is 2. The van der Waals surface area contributed by atoms with Gasteiger partial charge in [0.25, 0.3) is 5.91 Å². The Bertz CT molecular complexity index is 1010. The second-order valence-electron chi connectivity index (χ2n) is 6.73. The SMILES string of the molecule is COc1cc2c(cc1OC)CN(C(=O)c1ccc(Nc3ncccn3)cc1)CC2. The van der Waals surface area contributed by atoms with Crippen molar-refractivity contribution in [3.8, 4) is 11.5 Å². The molecule has 0 aliphatic carbocycles. The highest BCUT2D eigenvalue weighted by molar-refractivity contribution is 5.94. The van der Waals surface area contributed by atoms with Gasteiger partial charge in [0.15, 0.2) is 11.5 Å². The van der Waals surface area contributed by atoms with Gasteiger partial charge in [-0.25, -0.2) is 9.97 Å². The number of nitrogens with one attached hydrogen (secondary N) is 1. The van der Waals surface area contributed by atoms with Gasteiger partial charge in [0.05, 0.1) is 14.2 Å². The molecule has 148 valence electrons. The molecule has 29 heavy (non-hydrogen) atoms. The molecule has 1 aromatic heterocycles. The Balaban J connectivity index is 1.47. The lowest BCUT2D eigenvalue weighted by Gasteiger charge is -2.29. The fourth-order valence-electron chi connectivity index (χ4n) is 3.43. The van der Waals surface area contributed by atoms with Gasteiger partial charge in [0.2, 0.25) is 5.95 Å². The molecule has 0 saturated heterocycles. The zero-order chi connectivity index (χ0) is 20.2. The Morgan fingerprint density at radius 3 is 2.31 bits per heavy atom. The molecule has 2 heterocycles. The van der Waals surface area contributed by atoms with E-state index in [-0.39, 0.29) is 5.91 Å². The first-order valence-corrected chi connectivity index (χ1v) is 9.35. The first kappa shape index (κ1) is 18.7. The van der Waals surface area contributed by atoms with Crippen molar-refractivity contribution >= 4 is 17.5 Å². The van der Waals surface area contributed by atoms with Crippen molar-refractivity contribution in [2.24, 2.45) is 0 Å². The van der Waals surface area contributed by atoms with Gasteiger partial charge in [0.1, 0.15) is 0 Å². The quantitative estimate of drug-likeness (QED) is 0.719. The molecule has 2 aromatic carbocycles. The monoisotopic (exact) mass is 390 g/mol. The lowest BCUT2D eigenvalue weighted by molar-refractivity contribution is 0.0734. The molecule has 0 saturated carbocycles. The number of hydrogen-bond acceptors (Lipinski definition) is 6. The third-order valence-corrected chi connectivity index (χ3v) is 4.96. The van der Waals surface area contributed by atoms with Gasteiger partial charge in [0, 0.05) is 36.7 Å². The zero-order valence-corrected chi connectivity index (χ0v) is 16.4. The minimum absolute atomic E-state index is 0.00736. The van der Waals surface area contributed by atoms with Crippen LogP contribution in [-0.4, -0.2) is 41.5 Å². The number of benzene rings is 2. The van der Waals surface area contributed by atoms with Crippen LogP contribution < -0.4 is 14.8 Å². The van der Waals surface area contributed by atoms with Crippen LogP contribution in [0.3, 0.4) is 0 Å². The molecule has 7 nitrogen and oxygen atoms in total. The Hall–Kier alpha value is -3.61. The summed E-state index contributed by atoms with van der Waals surface area (Å²) in [5.41, 5.74) is 3.75. The average molecular weight is 390 g/mol. The van der Waals surface area contributed by atoms with Crippen molar-refractivity contribution < 1.29 is 14.3 Å². The molecule has 0 spiro atoms. The Kier molecular flexibility index (Phi) is 5.29. The van der Waals surface area contributed by atoms with E-state index in [1.807, 2.05) is 41.3 Å². The fraction of sp³-hybridized carbons (Fsp3) is 0.227. The lowest BCUT2D eigenvalue weighted by Crippen LogP contribution is -2.36. The number of amides is 1. The van der Waals surface area contributed by atoms with Crippen LogP contribution in [0.4, 0.5) is 11.6 Å². The van der Waals surface area contributed by atoms with E-state index < -0.39 is 0 Å². The van der Waals surface area contributed by atoms with E-state index in [4.69, 9.17) is 9.47 Å². The molecule has 0 fully saturated rings. The van der Waals surface area contributed by atoms with Gasteiger partial charge in [-0.1, -0.05) is 0 Å². The molecule has 0 bridgehead atoms. The summed E-state index contributed by atoms with van der Waals surface area (Å²) < 4.78 is 10.8. The maximum atomic E-state index is 13.0. The molecule has 0 radical (unpaired) electrons. The van der Waals surface area contributed by atoms with E-state index in [1.165, 1.54) is 5.56 Å². The van der Waals surface area contributed by atoms with E-state index in [9.17, 15) is 4.79 Å². The summed E-state index contributed by atoms with van der Waals surface area (Å²) in [5.74, 6) is 1.92. The van der Waals surface area contributed by atoms with E-state index >= 15 is 0 Å². The molecule has 3 aromatic rings. The van der Waals surface area contributed by atoms with Crippen LogP contribution in [0.25, 0.3) is 0 Å². The summed E-state index contributed by atoms with van der Waals surface area (Å²) in [7, 11) is 3.25. The summed E-state index contributed by atoms with van der Waals surface area (Å²) in [6.07, 6.45) is 4.13. The minimum atomic E-state index is 0.00736. The average Bonchev–Trinajstić information content (AvgIpc) is 2.78. The number of ether oxygens (including phenoxy) is 2. The van der Waals surface area contributed by atoms with Crippen molar-refractivity contribution in [1.82, 2.24) is 14.9 Å². The maximum absolute atomic E-state index is 13.0. The highest BCUT2D eigenvalue weighted by atomic mass is 16.5. The zero-order valence-electron chi connectivity index (χ0n) is 16.4. The van der Waals surface area contributed by atoms with Crippen molar-refractivity contribution in [1.29, 1.82) is 0 Å². The van der Waals surface area contributed by atoms with E-state index in [1.54, 1.807) is 32.7 Å². The molecule has 1 amide bonds. The standard InChI is InChI=1S/C22H22N4O3/c1-28-19-12-16-8-11-26(14-17(16)13-20(19)29-2)21(27)15-4-6-18(7-5-15)25-22-23-9-3-10-24-22/h3-7,9-10,12-13H,8,11,14H2,1-2H3,(H,23,24,25). The molecule has 1 aliphatic heterocycles. The first-order chi connectivity index (χ1) is 14.2. The third-order valence-electron chi connectivity index (χ3n) is 4.96. The predicted octanol–water partition coefficient (Wildman–Crippen LogP) is 3.44. The van der Waals surface area contributed by atoms with Crippen molar-refractivity contribution in [3.05, 3.63) is 71.5 Å². The Labute approximate surface area is 169 Å². The summed E-state index contributed by atoms with van der Waals surface area (Å²) in [6.45, 7) is 1.21. The van der Waals surface area contributed by atoms with E-state index in [0.29, 0.717) is 30.4 Å². The number of aromatic nitrogens is 2. The van der Waals surface area contributed by atoms with Crippen molar-refractivity contribution in [2.75, 3.05) is 26.1 Å². The number of rotatable bonds is 5. The minimum Gasteiger partial charge on any atom is -0.493 e. The smallest absolute Gasteiger partial charge is 0.254 e. The largest absolute Gasteiger partial charge is 0.493 e. The molecule has 4 rings (SSSR count). The van der Waals surface area contributed by atoms with Crippen LogP contribution in [0.1, 0.15) is 21.5 Å². The van der Waals surface area contributed by atoms with Gasteiger partial charge < -0.3 is 19.7 Å². The molecule has 0 unspecified atom stereocenters. The lowest BCUT2D eigenvalue weighted by atomic mass is 9.98. The number of fused-ring (bicyclic) bond motifs is 1. The van der Waals surface area contributed by atoms with Gasteiger partial charge in [-0.3, -0.25) is 4.79 Å². The number of carbonyl (C=O) groups is 1. The second kappa shape index (κ2) is 8.18. The van der Waals surface area contributed by atoms with Gasteiger partial charge >= 0.3 is 0 Å². The van der Waals surface area contributed by atoms with Crippen molar-refractivity contribution in [3.63, 3.8) is 0 Å². The summed E-state index contributed by atoms with van der Waals surface area (Å²) in [4.78, 5) is 23.1. The van der Waals surface area contributed by atoms with Crippen LogP contribution in [0.15, 0.2) is 54.9 Å². The normalized spacial score (nSPS) is 12.8. The first-order valence-electron chi connectivity index (χ1n) is 9.35. The molecule has 1 N–H and O–H groups in total. The Morgan fingerprint density at radius 1 is 1.00 bits per heavy atom. The topological polar surface area (TPSA) is 76.6 Å². The maximum Gasteiger partial charge on any atom is 0.254 e. The number of hydrogen-bond donors (Lipinski definition) is 1. The fourth-order valence-corrected chi connectivity index (χ4v) is 3.43. The number of anilines is 2. The molecule has 7 heteroatoms.